The monoisotopic (exact) mass is 193 g/mol. The van der Waals surface area contributed by atoms with E-state index in [1.807, 2.05) is 5.48 Å². The lowest BCUT2D eigenvalue weighted by molar-refractivity contribution is -0.252. The molecule has 1 saturated heterocycles. The molecule has 7 heteroatoms. The van der Waals surface area contributed by atoms with Crippen LogP contribution in [0.5, 0.6) is 0 Å². The van der Waals surface area contributed by atoms with Crippen molar-refractivity contribution in [2.45, 2.75) is 11.8 Å². The van der Waals surface area contributed by atoms with Gasteiger partial charge in [-0.3, -0.25) is 4.84 Å². The van der Waals surface area contributed by atoms with E-state index in [0.717, 1.165) is 0 Å². The molecule has 1 rings (SSSR count). The van der Waals surface area contributed by atoms with Gasteiger partial charge in [0, 0.05) is 0 Å². The molecule has 1 atom stereocenters. The molecule has 2 N–H and O–H groups in total. The predicted octanol–water partition coefficient (Wildman–Crippen LogP) is 0.236. The molecule has 0 radical (unpaired) electrons. The van der Waals surface area contributed by atoms with Crippen LogP contribution in [0.4, 0.5) is 13.2 Å². The van der Waals surface area contributed by atoms with E-state index >= 15 is 0 Å². The summed E-state index contributed by atoms with van der Waals surface area (Å²) in [4.78, 5) is 4.17. The van der Waals surface area contributed by atoms with Crippen LogP contribution >= 0.6 is 12.4 Å². The van der Waals surface area contributed by atoms with Crippen LogP contribution in [-0.2, 0) is 4.84 Å². The molecule has 1 aliphatic heterocycles. The minimum atomic E-state index is -4.61. The Morgan fingerprint density at radius 3 is 2.18 bits per heavy atom. The van der Waals surface area contributed by atoms with Crippen molar-refractivity contribution < 1.29 is 23.1 Å². The van der Waals surface area contributed by atoms with Gasteiger partial charge in [0.2, 0.25) is 5.60 Å². The van der Waals surface area contributed by atoms with Crippen LogP contribution in [0.2, 0.25) is 0 Å². The largest absolute Gasteiger partial charge is 0.420 e. The molecule has 0 bridgehead atoms. The number of alkyl halides is 3. The number of rotatable bonds is 0. The van der Waals surface area contributed by atoms with Gasteiger partial charge in [0.15, 0.2) is 0 Å². The average molecular weight is 194 g/mol. The second-order valence-electron chi connectivity index (χ2n) is 2.14. The van der Waals surface area contributed by atoms with Gasteiger partial charge in [-0.05, 0) is 0 Å². The number of hydrogen-bond acceptors (Lipinski definition) is 3. The standard InChI is InChI=1S/C4H6F3NO2.ClH/c5-4(6,7)3(9)1-8-10-2-3;/h8-9H,1-2H2;1H. The lowest BCUT2D eigenvalue weighted by Gasteiger charge is -2.21. The predicted molar refractivity (Wildman–Crippen MR) is 32.2 cm³/mol. The summed E-state index contributed by atoms with van der Waals surface area (Å²) in [7, 11) is 0. The summed E-state index contributed by atoms with van der Waals surface area (Å²) >= 11 is 0. The van der Waals surface area contributed by atoms with Gasteiger partial charge in [0.25, 0.3) is 0 Å². The number of aliphatic hydroxyl groups is 1. The number of hydrogen-bond donors (Lipinski definition) is 2. The third kappa shape index (κ3) is 1.96. The highest BCUT2D eigenvalue weighted by Gasteiger charge is 2.56. The Labute approximate surface area is 66.9 Å². The summed E-state index contributed by atoms with van der Waals surface area (Å²) in [6, 6.07) is 0. The van der Waals surface area contributed by atoms with Crippen LogP contribution in [0.25, 0.3) is 0 Å². The summed E-state index contributed by atoms with van der Waals surface area (Å²) in [5, 5.41) is 8.72. The van der Waals surface area contributed by atoms with Crippen LogP contribution in [-0.4, -0.2) is 30.0 Å². The number of hydroxylamine groups is 1. The fourth-order valence-electron chi connectivity index (χ4n) is 0.574. The maximum Gasteiger partial charge on any atom is 0.420 e. The minimum Gasteiger partial charge on any atom is -0.378 e. The van der Waals surface area contributed by atoms with Crippen molar-refractivity contribution in [1.29, 1.82) is 0 Å². The third-order valence-electron chi connectivity index (χ3n) is 1.31. The molecule has 0 aromatic heterocycles. The number of halogens is 4. The van der Waals surface area contributed by atoms with Gasteiger partial charge >= 0.3 is 6.18 Å². The lowest BCUT2D eigenvalue weighted by Crippen LogP contribution is -2.49. The van der Waals surface area contributed by atoms with Crippen LogP contribution in [0.3, 0.4) is 0 Å². The average Bonchev–Trinajstić information content (AvgIpc) is 2.13. The van der Waals surface area contributed by atoms with E-state index in [1.54, 1.807) is 0 Å². The summed E-state index contributed by atoms with van der Waals surface area (Å²) in [6.45, 7) is -1.34. The molecular formula is C4H7ClF3NO2. The SMILES string of the molecule is Cl.OC1(C(F)(F)F)CNOC1. The fourth-order valence-corrected chi connectivity index (χ4v) is 0.574. The molecule has 0 aromatic carbocycles. The molecule has 1 aliphatic rings. The van der Waals surface area contributed by atoms with Crippen molar-refractivity contribution in [3.8, 4) is 0 Å². The van der Waals surface area contributed by atoms with Crippen molar-refractivity contribution >= 4 is 12.4 Å². The van der Waals surface area contributed by atoms with Crippen molar-refractivity contribution in [3.63, 3.8) is 0 Å². The first-order valence-electron chi connectivity index (χ1n) is 2.59. The first-order valence-corrected chi connectivity index (χ1v) is 2.59. The normalized spacial score (nSPS) is 31.6. The Kier molecular flexibility index (Phi) is 3.13. The van der Waals surface area contributed by atoms with Crippen molar-refractivity contribution in [2.24, 2.45) is 0 Å². The Bertz CT molecular complexity index is 134. The zero-order valence-corrected chi connectivity index (χ0v) is 6.13. The molecule has 1 heterocycles. The highest BCUT2D eigenvalue weighted by Crippen LogP contribution is 2.31. The third-order valence-corrected chi connectivity index (χ3v) is 1.31. The van der Waals surface area contributed by atoms with Gasteiger partial charge in [-0.15, -0.1) is 12.4 Å². The molecule has 11 heavy (non-hydrogen) atoms. The minimum absolute atomic E-state index is 0. The first kappa shape index (κ1) is 11.0. The molecule has 1 unspecified atom stereocenters. The Balaban J connectivity index is 0.000001000. The van der Waals surface area contributed by atoms with Crippen molar-refractivity contribution in [3.05, 3.63) is 0 Å². The van der Waals surface area contributed by atoms with E-state index in [-0.39, 0.29) is 12.4 Å². The second kappa shape index (κ2) is 3.14. The van der Waals surface area contributed by atoms with Crippen LogP contribution in [0.15, 0.2) is 0 Å². The van der Waals surface area contributed by atoms with Crippen molar-refractivity contribution in [1.82, 2.24) is 5.48 Å². The molecule has 0 spiro atoms. The summed E-state index contributed by atoms with van der Waals surface area (Å²) < 4.78 is 35.3. The zero-order chi connectivity index (χ0) is 7.83. The van der Waals surface area contributed by atoms with E-state index < -0.39 is 24.9 Å². The number of nitrogens with one attached hydrogen (secondary N) is 1. The van der Waals surface area contributed by atoms with Crippen LogP contribution < -0.4 is 5.48 Å². The fraction of sp³-hybridized carbons (Fsp3) is 1.00. The van der Waals surface area contributed by atoms with E-state index in [2.05, 4.69) is 4.84 Å². The topological polar surface area (TPSA) is 41.5 Å². The lowest BCUT2D eigenvalue weighted by atomic mass is 10.1. The molecule has 68 valence electrons. The van der Waals surface area contributed by atoms with Crippen LogP contribution in [0.1, 0.15) is 0 Å². The van der Waals surface area contributed by atoms with E-state index in [4.69, 9.17) is 5.11 Å². The van der Waals surface area contributed by atoms with Gasteiger partial charge in [-0.25, -0.2) is 0 Å². The zero-order valence-electron chi connectivity index (χ0n) is 5.31. The van der Waals surface area contributed by atoms with Gasteiger partial charge in [0.05, 0.1) is 6.54 Å². The molecule has 0 saturated carbocycles. The highest BCUT2D eigenvalue weighted by molar-refractivity contribution is 5.85. The van der Waals surface area contributed by atoms with Gasteiger partial charge < -0.3 is 5.11 Å². The van der Waals surface area contributed by atoms with Crippen molar-refractivity contribution in [2.75, 3.05) is 13.2 Å². The highest BCUT2D eigenvalue weighted by atomic mass is 35.5. The molecule has 3 nitrogen and oxygen atoms in total. The molecule has 1 fully saturated rings. The number of β-amino-alcohol motifs (C(OH)–C–C–N with tert-alkyl or cyclic N) is 1. The van der Waals surface area contributed by atoms with Crippen LogP contribution in [0, 0.1) is 0 Å². The maximum atomic E-state index is 11.8. The van der Waals surface area contributed by atoms with Gasteiger partial charge in [-0.1, -0.05) is 0 Å². The molecular weight excluding hydrogens is 186 g/mol. The Morgan fingerprint density at radius 2 is 2.00 bits per heavy atom. The molecule has 0 aliphatic carbocycles. The summed E-state index contributed by atoms with van der Waals surface area (Å²) in [6.07, 6.45) is -4.61. The Morgan fingerprint density at radius 1 is 1.45 bits per heavy atom. The smallest absolute Gasteiger partial charge is 0.378 e. The summed E-state index contributed by atoms with van der Waals surface area (Å²) in [5.74, 6) is 0. The van der Waals surface area contributed by atoms with Gasteiger partial charge in [0.1, 0.15) is 6.61 Å². The quantitative estimate of drug-likeness (QED) is 0.579. The van der Waals surface area contributed by atoms with E-state index in [9.17, 15) is 13.2 Å². The summed E-state index contributed by atoms with van der Waals surface area (Å²) in [5.41, 5.74) is -0.752. The maximum absolute atomic E-state index is 11.8. The molecule has 0 aromatic rings. The second-order valence-corrected chi connectivity index (χ2v) is 2.14. The van der Waals surface area contributed by atoms with E-state index in [1.165, 1.54) is 0 Å². The first-order chi connectivity index (χ1) is 4.46. The van der Waals surface area contributed by atoms with Gasteiger partial charge in [-0.2, -0.15) is 18.7 Å². The molecule has 0 amide bonds. The van der Waals surface area contributed by atoms with E-state index in [0.29, 0.717) is 0 Å². The Hall–Kier alpha value is -0.0400.